The van der Waals surface area contributed by atoms with Crippen molar-refractivity contribution in [2.75, 3.05) is 13.7 Å². The predicted octanol–water partition coefficient (Wildman–Crippen LogP) is 1.32. The molecule has 0 aromatic carbocycles. The summed E-state index contributed by atoms with van der Waals surface area (Å²) in [6.45, 7) is 4.45. The molecule has 1 aromatic rings. The van der Waals surface area contributed by atoms with Crippen LogP contribution in [0.5, 0.6) is 0 Å². The van der Waals surface area contributed by atoms with Gasteiger partial charge < -0.3 is 19.6 Å². The fourth-order valence-corrected chi connectivity index (χ4v) is 1.08. The van der Waals surface area contributed by atoms with Crippen molar-refractivity contribution in [1.82, 2.24) is 0 Å². The third-order valence-corrected chi connectivity index (χ3v) is 1.77. The third-order valence-electron chi connectivity index (χ3n) is 1.77. The van der Waals surface area contributed by atoms with Gasteiger partial charge in [-0.15, -0.1) is 0 Å². The third kappa shape index (κ3) is 4.04. The summed E-state index contributed by atoms with van der Waals surface area (Å²) in [6, 6.07) is 3.23. The van der Waals surface area contributed by atoms with E-state index in [1.54, 1.807) is 12.1 Å². The first-order valence-corrected chi connectivity index (χ1v) is 4.96. The number of rotatable bonds is 5. The Bertz CT molecular complexity index is 351. The van der Waals surface area contributed by atoms with E-state index in [9.17, 15) is 4.79 Å². The van der Waals surface area contributed by atoms with E-state index in [1.165, 1.54) is 7.11 Å². The van der Waals surface area contributed by atoms with Gasteiger partial charge in [0.05, 0.1) is 13.7 Å². The largest absolute Gasteiger partial charge is 0.463 e. The van der Waals surface area contributed by atoms with E-state index in [2.05, 4.69) is 4.74 Å². The van der Waals surface area contributed by atoms with Gasteiger partial charge in [-0.3, -0.25) is 0 Å². The number of carbonyl (C=O) groups is 1. The zero-order chi connectivity index (χ0) is 12.2. The van der Waals surface area contributed by atoms with Crippen molar-refractivity contribution in [3.8, 4) is 0 Å². The normalized spacial score (nSPS) is 11.5. The molecule has 16 heavy (non-hydrogen) atoms. The number of methoxy groups -OCH3 is 1. The van der Waals surface area contributed by atoms with Crippen LogP contribution < -0.4 is 5.73 Å². The topological polar surface area (TPSA) is 74.7 Å². The van der Waals surface area contributed by atoms with Crippen LogP contribution in [-0.2, 0) is 16.1 Å². The van der Waals surface area contributed by atoms with Crippen molar-refractivity contribution in [3.05, 3.63) is 23.7 Å². The van der Waals surface area contributed by atoms with Crippen molar-refractivity contribution in [3.63, 3.8) is 0 Å². The molecule has 0 saturated heterocycles. The molecule has 0 amide bonds. The van der Waals surface area contributed by atoms with Crippen LogP contribution in [0.4, 0.5) is 0 Å². The summed E-state index contributed by atoms with van der Waals surface area (Å²) in [5, 5.41) is 0. The van der Waals surface area contributed by atoms with Crippen molar-refractivity contribution in [1.29, 1.82) is 0 Å². The highest BCUT2D eigenvalue weighted by Gasteiger charge is 2.13. The average Bonchev–Trinajstić information content (AvgIpc) is 2.63. The van der Waals surface area contributed by atoms with Crippen LogP contribution in [0.15, 0.2) is 16.5 Å². The number of carbonyl (C=O) groups excluding carboxylic acids is 1. The molecule has 0 aliphatic carbocycles. The van der Waals surface area contributed by atoms with Gasteiger partial charge >= 0.3 is 5.97 Å². The van der Waals surface area contributed by atoms with Gasteiger partial charge in [0, 0.05) is 5.54 Å². The Morgan fingerprint density at radius 1 is 1.50 bits per heavy atom. The van der Waals surface area contributed by atoms with E-state index >= 15 is 0 Å². The molecule has 5 nitrogen and oxygen atoms in total. The molecule has 0 spiro atoms. The first kappa shape index (κ1) is 12.7. The van der Waals surface area contributed by atoms with Crippen LogP contribution in [0.1, 0.15) is 30.2 Å². The second-order valence-corrected chi connectivity index (χ2v) is 4.24. The highest BCUT2D eigenvalue weighted by atomic mass is 16.5. The quantitative estimate of drug-likeness (QED) is 0.768. The summed E-state index contributed by atoms with van der Waals surface area (Å²) in [5.41, 5.74) is 5.37. The molecule has 5 heteroatoms. The SMILES string of the molecule is COC(=O)c1ccc(COCC(C)(C)N)o1. The zero-order valence-corrected chi connectivity index (χ0v) is 9.78. The van der Waals surface area contributed by atoms with Crippen LogP contribution in [0.2, 0.25) is 0 Å². The lowest BCUT2D eigenvalue weighted by Gasteiger charge is -2.17. The van der Waals surface area contributed by atoms with Crippen molar-refractivity contribution in [2.45, 2.75) is 26.0 Å². The molecule has 0 bridgehead atoms. The molecule has 0 radical (unpaired) electrons. The molecule has 0 aliphatic rings. The minimum Gasteiger partial charge on any atom is -0.463 e. The minimum absolute atomic E-state index is 0.174. The van der Waals surface area contributed by atoms with Crippen LogP contribution in [0.3, 0.4) is 0 Å². The first-order chi connectivity index (χ1) is 7.42. The summed E-state index contributed by atoms with van der Waals surface area (Å²) in [7, 11) is 1.30. The van der Waals surface area contributed by atoms with Crippen LogP contribution in [-0.4, -0.2) is 25.2 Å². The monoisotopic (exact) mass is 227 g/mol. The van der Waals surface area contributed by atoms with Gasteiger partial charge in [-0.25, -0.2) is 4.79 Å². The number of ether oxygens (including phenoxy) is 2. The van der Waals surface area contributed by atoms with Crippen molar-refractivity contribution >= 4 is 5.97 Å². The number of furan rings is 1. The highest BCUT2D eigenvalue weighted by Crippen LogP contribution is 2.10. The lowest BCUT2D eigenvalue weighted by molar-refractivity contribution is 0.0536. The average molecular weight is 227 g/mol. The molecule has 1 heterocycles. The van der Waals surface area contributed by atoms with E-state index < -0.39 is 5.97 Å². The van der Waals surface area contributed by atoms with E-state index in [-0.39, 0.29) is 17.9 Å². The molecule has 2 N–H and O–H groups in total. The second-order valence-electron chi connectivity index (χ2n) is 4.24. The molecule has 1 aromatic heterocycles. The lowest BCUT2D eigenvalue weighted by Crippen LogP contribution is -2.37. The smallest absolute Gasteiger partial charge is 0.373 e. The molecule has 1 rings (SSSR count). The van der Waals surface area contributed by atoms with Gasteiger partial charge in [-0.2, -0.15) is 0 Å². The molecule has 0 atom stereocenters. The maximum absolute atomic E-state index is 11.1. The number of hydrogen-bond donors (Lipinski definition) is 1. The lowest BCUT2D eigenvalue weighted by atomic mass is 10.1. The van der Waals surface area contributed by atoms with E-state index in [0.717, 1.165) is 0 Å². The van der Waals surface area contributed by atoms with E-state index in [4.69, 9.17) is 14.9 Å². The highest BCUT2D eigenvalue weighted by molar-refractivity contribution is 5.86. The summed E-state index contributed by atoms with van der Waals surface area (Å²) in [6.07, 6.45) is 0. The van der Waals surface area contributed by atoms with E-state index in [1.807, 2.05) is 13.8 Å². The summed E-state index contributed by atoms with van der Waals surface area (Å²) >= 11 is 0. The number of nitrogens with two attached hydrogens (primary N) is 1. The fraction of sp³-hybridized carbons (Fsp3) is 0.545. The molecular formula is C11H17NO4. The van der Waals surface area contributed by atoms with Gasteiger partial charge in [-0.1, -0.05) is 0 Å². The number of hydrogen-bond acceptors (Lipinski definition) is 5. The van der Waals surface area contributed by atoms with Gasteiger partial charge in [0.1, 0.15) is 12.4 Å². The maximum atomic E-state index is 11.1. The van der Waals surface area contributed by atoms with Gasteiger partial charge in [0.25, 0.3) is 0 Å². The van der Waals surface area contributed by atoms with Crippen LogP contribution >= 0.6 is 0 Å². The Hall–Kier alpha value is -1.33. The molecule has 0 aliphatic heterocycles. The van der Waals surface area contributed by atoms with Crippen LogP contribution in [0, 0.1) is 0 Å². The summed E-state index contributed by atoms with van der Waals surface area (Å²) < 4.78 is 15.1. The fourth-order valence-electron chi connectivity index (χ4n) is 1.08. The van der Waals surface area contributed by atoms with Gasteiger partial charge in [0.15, 0.2) is 0 Å². The molecule has 90 valence electrons. The zero-order valence-electron chi connectivity index (χ0n) is 9.78. The Morgan fingerprint density at radius 2 is 2.19 bits per heavy atom. The van der Waals surface area contributed by atoms with Crippen molar-refractivity contribution in [2.24, 2.45) is 5.73 Å². The molecule has 0 unspecified atom stereocenters. The Balaban J connectivity index is 2.44. The number of esters is 1. The van der Waals surface area contributed by atoms with Crippen LogP contribution in [0.25, 0.3) is 0 Å². The van der Waals surface area contributed by atoms with Crippen molar-refractivity contribution < 1.29 is 18.7 Å². The molecule has 0 fully saturated rings. The second kappa shape index (κ2) is 5.14. The Labute approximate surface area is 94.5 Å². The first-order valence-electron chi connectivity index (χ1n) is 4.96. The predicted molar refractivity (Wildman–Crippen MR) is 58.0 cm³/mol. The summed E-state index contributed by atoms with van der Waals surface area (Å²) in [4.78, 5) is 11.1. The van der Waals surface area contributed by atoms with Gasteiger partial charge in [0.2, 0.25) is 5.76 Å². The summed E-state index contributed by atoms with van der Waals surface area (Å²) in [5.74, 6) is 0.253. The maximum Gasteiger partial charge on any atom is 0.373 e. The molecule has 0 saturated carbocycles. The minimum atomic E-state index is -0.495. The Kier molecular flexibility index (Phi) is 4.09. The standard InChI is InChI=1S/C11H17NO4/c1-11(2,12)7-15-6-8-4-5-9(16-8)10(13)14-3/h4-5H,6-7,12H2,1-3H3. The van der Waals surface area contributed by atoms with E-state index in [0.29, 0.717) is 12.4 Å². The Morgan fingerprint density at radius 3 is 2.75 bits per heavy atom. The molecular weight excluding hydrogens is 210 g/mol. The van der Waals surface area contributed by atoms with Gasteiger partial charge in [-0.05, 0) is 26.0 Å².